The maximum Gasteiger partial charge on any atom is 0.230 e. The van der Waals surface area contributed by atoms with E-state index in [0.717, 1.165) is 27.6 Å². The largest absolute Gasteiger partial charge is 0.350 e. The fourth-order valence-corrected chi connectivity index (χ4v) is 3.78. The van der Waals surface area contributed by atoms with Crippen LogP contribution in [0, 0.1) is 6.92 Å². The topological polar surface area (TPSA) is 59.8 Å². The maximum atomic E-state index is 12.3. The van der Waals surface area contributed by atoms with Gasteiger partial charge in [0, 0.05) is 11.9 Å². The van der Waals surface area contributed by atoms with Gasteiger partial charge in [0.25, 0.3) is 0 Å². The Balaban J connectivity index is 1.52. The number of amides is 1. The van der Waals surface area contributed by atoms with Crippen molar-refractivity contribution in [2.45, 2.75) is 18.6 Å². The fraction of sp³-hybridized carbons (Fsp3) is 0.136. The van der Waals surface area contributed by atoms with Gasteiger partial charge in [0.15, 0.2) is 5.16 Å². The highest BCUT2D eigenvalue weighted by Gasteiger charge is 2.14. The number of hydrogen-bond acceptors (Lipinski definition) is 4. The SMILES string of the molecule is Cc1ccc(-n2c(SCC(=O)NCc3ccccn3)nc3ccccc32)cc1. The lowest BCUT2D eigenvalue weighted by Crippen LogP contribution is -2.25. The Bertz CT molecular complexity index is 1090. The number of hydrogen-bond donors (Lipinski definition) is 1. The molecule has 2 aromatic carbocycles. The van der Waals surface area contributed by atoms with Gasteiger partial charge in [0.05, 0.1) is 29.0 Å². The average Bonchev–Trinajstić information content (AvgIpc) is 3.10. The van der Waals surface area contributed by atoms with Crippen molar-refractivity contribution in [3.05, 3.63) is 84.2 Å². The fourth-order valence-electron chi connectivity index (χ4n) is 2.92. The molecule has 28 heavy (non-hydrogen) atoms. The van der Waals surface area contributed by atoms with Crippen LogP contribution in [-0.4, -0.2) is 26.2 Å². The molecule has 0 fully saturated rings. The molecule has 5 nitrogen and oxygen atoms in total. The summed E-state index contributed by atoms with van der Waals surface area (Å²) in [6, 6.07) is 22.0. The van der Waals surface area contributed by atoms with Crippen LogP contribution in [-0.2, 0) is 11.3 Å². The third-order valence-electron chi connectivity index (χ3n) is 4.35. The molecule has 0 saturated carbocycles. The molecule has 4 aromatic rings. The van der Waals surface area contributed by atoms with Crippen LogP contribution in [0.25, 0.3) is 16.7 Å². The maximum absolute atomic E-state index is 12.3. The smallest absolute Gasteiger partial charge is 0.230 e. The number of thioether (sulfide) groups is 1. The van der Waals surface area contributed by atoms with Crippen molar-refractivity contribution in [2.75, 3.05) is 5.75 Å². The Morgan fingerprint density at radius 2 is 1.82 bits per heavy atom. The monoisotopic (exact) mass is 388 g/mol. The van der Waals surface area contributed by atoms with E-state index in [4.69, 9.17) is 4.98 Å². The number of rotatable bonds is 6. The van der Waals surface area contributed by atoms with E-state index in [1.165, 1.54) is 17.3 Å². The van der Waals surface area contributed by atoms with Crippen LogP contribution in [0.3, 0.4) is 0 Å². The number of nitrogens with zero attached hydrogens (tertiary/aromatic N) is 3. The van der Waals surface area contributed by atoms with E-state index in [0.29, 0.717) is 12.3 Å². The lowest BCUT2D eigenvalue weighted by Gasteiger charge is -2.09. The van der Waals surface area contributed by atoms with Crippen LogP contribution in [0.2, 0.25) is 0 Å². The predicted molar refractivity (Wildman–Crippen MR) is 113 cm³/mol. The van der Waals surface area contributed by atoms with Gasteiger partial charge in [0.2, 0.25) is 5.91 Å². The molecule has 140 valence electrons. The summed E-state index contributed by atoms with van der Waals surface area (Å²) in [5, 5.41) is 3.71. The van der Waals surface area contributed by atoms with E-state index in [9.17, 15) is 4.79 Å². The van der Waals surface area contributed by atoms with Crippen molar-refractivity contribution in [2.24, 2.45) is 0 Å². The van der Waals surface area contributed by atoms with Crippen molar-refractivity contribution in [3.8, 4) is 5.69 Å². The summed E-state index contributed by atoms with van der Waals surface area (Å²) in [5.41, 5.74) is 5.03. The minimum Gasteiger partial charge on any atom is -0.350 e. The average molecular weight is 388 g/mol. The molecular weight excluding hydrogens is 368 g/mol. The number of para-hydroxylation sites is 2. The summed E-state index contributed by atoms with van der Waals surface area (Å²) in [6.45, 7) is 2.49. The second-order valence-corrected chi connectivity index (χ2v) is 7.38. The van der Waals surface area contributed by atoms with Gasteiger partial charge in [-0.15, -0.1) is 0 Å². The number of aryl methyl sites for hydroxylation is 1. The van der Waals surface area contributed by atoms with Crippen molar-refractivity contribution in [1.29, 1.82) is 0 Å². The number of imidazole rings is 1. The van der Waals surface area contributed by atoms with Gasteiger partial charge < -0.3 is 5.32 Å². The van der Waals surface area contributed by atoms with Crippen LogP contribution >= 0.6 is 11.8 Å². The lowest BCUT2D eigenvalue weighted by molar-refractivity contribution is -0.118. The van der Waals surface area contributed by atoms with E-state index in [1.807, 2.05) is 42.5 Å². The van der Waals surface area contributed by atoms with Gasteiger partial charge in [-0.3, -0.25) is 14.3 Å². The summed E-state index contributed by atoms with van der Waals surface area (Å²) in [6.07, 6.45) is 1.72. The Kier molecular flexibility index (Phi) is 5.39. The summed E-state index contributed by atoms with van der Waals surface area (Å²) >= 11 is 1.43. The van der Waals surface area contributed by atoms with Crippen molar-refractivity contribution in [3.63, 3.8) is 0 Å². The molecule has 0 bridgehead atoms. The quantitative estimate of drug-likeness (QED) is 0.505. The molecule has 0 saturated heterocycles. The first kappa shape index (κ1) is 18.3. The zero-order chi connectivity index (χ0) is 19.3. The number of benzene rings is 2. The first-order valence-electron chi connectivity index (χ1n) is 9.04. The Hall–Kier alpha value is -3.12. The molecule has 1 amide bonds. The number of pyridine rings is 1. The summed E-state index contributed by atoms with van der Waals surface area (Å²) in [4.78, 5) is 21.3. The molecule has 0 unspecified atom stereocenters. The van der Waals surface area contributed by atoms with Gasteiger partial charge in [-0.1, -0.05) is 47.7 Å². The number of aromatic nitrogens is 3. The van der Waals surface area contributed by atoms with Crippen LogP contribution in [0.15, 0.2) is 78.1 Å². The van der Waals surface area contributed by atoms with Crippen molar-refractivity contribution < 1.29 is 4.79 Å². The molecule has 1 N–H and O–H groups in total. The zero-order valence-corrected chi connectivity index (χ0v) is 16.3. The summed E-state index contributed by atoms with van der Waals surface area (Å²) in [7, 11) is 0. The van der Waals surface area contributed by atoms with E-state index >= 15 is 0 Å². The van der Waals surface area contributed by atoms with Crippen LogP contribution < -0.4 is 5.32 Å². The van der Waals surface area contributed by atoms with E-state index in [-0.39, 0.29) is 5.91 Å². The van der Waals surface area contributed by atoms with Gasteiger partial charge >= 0.3 is 0 Å². The number of fused-ring (bicyclic) bond motifs is 1. The van der Waals surface area contributed by atoms with Crippen LogP contribution in [0.4, 0.5) is 0 Å². The highest BCUT2D eigenvalue weighted by Crippen LogP contribution is 2.28. The highest BCUT2D eigenvalue weighted by atomic mass is 32.2. The first-order chi connectivity index (χ1) is 13.7. The Labute approximate surface area is 167 Å². The molecular formula is C22H20N4OS. The second kappa shape index (κ2) is 8.27. The molecule has 4 rings (SSSR count). The predicted octanol–water partition coefficient (Wildman–Crippen LogP) is 4.14. The molecule has 0 spiro atoms. The van der Waals surface area contributed by atoms with E-state index < -0.39 is 0 Å². The molecule has 2 heterocycles. The molecule has 0 aliphatic carbocycles. The third kappa shape index (κ3) is 4.07. The highest BCUT2D eigenvalue weighted by molar-refractivity contribution is 7.99. The Morgan fingerprint density at radius 1 is 1.04 bits per heavy atom. The van der Waals surface area contributed by atoms with E-state index in [1.54, 1.807) is 6.20 Å². The Morgan fingerprint density at radius 3 is 2.61 bits per heavy atom. The normalized spacial score (nSPS) is 10.9. The van der Waals surface area contributed by atoms with Crippen molar-refractivity contribution in [1.82, 2.24) is 19.9 Å². The molecule has 0 aliphatic rings. The van der Waals surface area contributed by atoms with Gasteiger partial charge in [-0.2, -0.15) is 0 Å². The zero-order valence-electron chi connectivity index (χ0n) is 15.5. The van der Waals surface area contributed by atoms with Gasteiger partial charge in [-0.25, -0.2) is 4.98 Å². The van der Waals surface area contributed by atoms with Crippen LogP contribution in [0.1, 0.15) is 11.3 Å². The van der Waals surface area contributed by atoms with Gasteiger partial charge in [0.1, 0.15) is 0 Å². The second-order valence-electron chi connectivity index (χ2n) is 6.44. The summed E-state index contributed by atoms with van der Waals surface area (Å²) < 4.78 is 2.10. The molecule has 0 aliphatic heterocycles. The molecule has 0 radical (unpaired) electrons. The standard InChI is InChI=1S/C22H20N4OS/c1-16-9-11-18(12-10-16)26-20-8-3-2-7-19(20)25-22(26)28-15-21(27)24-14-17-6-4-5-13-23-17/h2-13H,14-15H2,1H3,(H,24,27). The minimum absolute atomic E-state index is 0.0434. The van der Waals surface area contributed by atoms with E-state index in [2.05, 4.69) is 46.1 Å². The lowest BCUT2D eigenvalue weighted by atomic mass is 10.2. The molecule has 2 aromatic heterocycles. The third-order valence-corrected chi connectivity index (χ3v) is 5.29. The van der Waals surface area contributed by atoms with Gasteiger partial charge in [-0.05, 0) is 43.3 Å². The summed E-state index contributed by atoms with van der Waals surface area (Å²) in [5.74, 6) is 0.250. The van der Waals surface area contributed by atoms with Crippen LogP contribution in [0.5, 0.6) is 0 Å². The number of carbonyl (C=O) groups is 1. The number of carbonyl (C=O) groups excluding carboxylic acids is 1. The molecule has 0 atom stereocenters. The van der Waals surface area contributed by atoms with Crippen molar-refractivity contribution >= 4 is 28.7 Å². The first-order valence-corrected chi connectivity index (χ1v) is 10.0. The minimum atomic E-state index is -0.0434. The molecule has 6 heteroatoms. The number of nitrogens with one attached hydrogen (secondary N) is 1.